The van der Waals surface area contributed by atoms with Crippen LogP contribution in [0.1, 0.15) is 35.6 Å². The molecule has 1 aromatic rings. The second kappa shape index (κ2) is 6.08. The van der Waals surface area contributed by atoms with E-state index in [0.29, 0.717) is 25.2 Å². The Hall–Kier alpha value is -1.78. The summed E-state index contributed by atoms with van der Waals surface area (Å²) in [6.07, 6.45) is 0.583. The van der Waals surface area contributed by atoms with Crippen molar-refractivity contribution in [2.75, 3.05) is 6.61 Å². The van der Waals surface area contributed by atoms with Crippen molar-refractivity contribution in [3.05, 3.63) is 23.0 Å². The van der Waals surface area contributed by atoms with E-state index in [0.717, 1.165) is 11.3 Å². The van der Waals surface area contributed by atoms with Gasteiger partial charge in [0.15, 0.2) is 0 Å². The summed E-state index contributed by atoms with van der Waals surface area (Å²) in [5, 5.41) is 2.81. The first-order chi connectivity index (χ1) is 8.04. The summed E-state index contributed by atoms with van der Waals surface area (Å²) in [5.41, 5.74) is 2.45. The van der Waals surface area contributed by atoms with E-state index >= 15 is 0 Å². The van der Waals surface area contributed by atoms with Crippen LogP contribution in [0.2, 0.25) is 0 Å². The smallest absolute Gasteiger partial charge is 0.293 e. The zero-order valence-electron chi connectivity index (χ0n) is 10.4. The zero-order valence-corrected chi connectivity index (χ0v) is 10.4. The molecule has 0 fully saturated rings. The monoisotopic (exact) mass is 238 g/mol. The molecule has 1 aromatic heterocycles. The van der Waals surface area contributed by atoms with Gasteiger partial charge in [0.05, 0.1) is 6.61 Å². The molecule has 1 rings (SSSR count). The van der Waals surface area contributed by atoms with Crippen LogP contribution in [0.4, 0.5) is 0 Å². The Morgan fingerprint density at radius 1 is 1.59 bits per heavy atom. The van der Waals surface area contributed by atoms with E-state index in [1.165, 1.54) is 0 Å². The molecule has 0 spiro atoms. The lowest BCUT2D eigenvalue weighted by atomic mass is 10.2. The predicted molar refractivity (Wildman–Crippen MR) is 63.9 cm³/mol. The van der Waals surface area contributed by atoms with E-state index in [4.69, 9.17) is 0 Å². The summed E-state index contributed by atoms with van der Waals surface area (Å²) in [4.78, 5) is 24.8. The second-order valence-corrected chi connectivity index (χ2v) is 4.19. The highest BCUT2D eigenvalue weighted by atomic mass is 16.5. The lowest BCUT2D eigenvalue weighted by Gasteiger charge is -2.06. The number of ether oxygens (including phenoxy) is 1. The number of aryl methyl sites for hydroxylation is 1. The van der Waals surface area contributed by atoms with Crippen molar-refractivity contribution in [2.24, 2.45) is 0 Å². The van der Waals surface area contributed by atoms with Gasteiger partial charge in [0.2, 0.25) is 0 Å². The van der Waals surface area contributed by atoms with Crippen LogP contribution in [0.25, 0.3) is 0 Å². The largest absolute Gasteiger partial charge is 0.467 e. The molecule has 1 amide bonds. The first-order valence-electron chi connectivity index (χ1n) is 5.59. The third kappa shape index (κ3) is 3.94. The third-order valence-corrected chi connectivity index (χ3v) is 2.32. The maximum atomic E-state index is 11.7. The van der Waals surface area contributed by atoms with E-state index in [2.05, 4.69) is 15.0 Å². The standard InChI is InChI=1S/C12H18N2O3/c1-8(2)13-12(16)11-6-9(3)10(14-11)4-5-17-7-15/h6-8,14H,4-5H2,1-3H3,(H,13,16). The highest BCUT2D eigenvalue weighted by Crippen LogP contribution is 2.10. The Morgan fingerprint density at radius 3 is 2.88 bits per heavy atom. The zero-order chi connectivity index (χ0) is 12.8. The number of hydrogen-bond donors (Lipinski definition) is 2. The number of rotatable bonds is 6. The fourth-order valence-electron chi connectivity index (χ4n) is 1.53. The first kappa shape index (κ1) is 13.3. The van der Waals surface area contributed by atoms with Gasteiger partial charge in [-0.05, 0) is 32.4 Å². The summed E-state index contributed by atoms with van der Waals surface area (Å²) in [6.45, 7) is 6.47. The summed E-state index contributed by atoms with van der Waals surface area (Å²) in [5.74, 6) is -0.120. The summed E-state index contributed by atoms with van der Waals surface area (Å²) in [7, 11) is 0. The number of amides is 1. The molecule has 0 aliphatic carbocycles. The van der Waals surface area contributed by atoms with Crippen LogP contribution in [0.5, 0.6) is 0 Å². The molecule has 0 aromatic carbocycles. The van der Waals surface area contributed by atoms with Crippen LogP contribution in [0.3, 0.4) is 0 Å². The summed E-state index contributed by atoms with van der Waals surface area (Å²) >= 11 is 0. The summed E-state index contributed by atoms with van der Waals surface area (Å²) < 4.78 is 4.63. The molecule has 0 aliphatic heterocycles. The predicted octanol–water partition coefficient (Wildman–Crippen LogP) is 1.18. The molecule has 0 bridgehead atoms. The number of carbonyl (C=O) groups excluding carboxylic acids is 2. The van der Waals surface area contributed by atoms with Gasteiger partial charge in [0, 0.05) is 18.2 Å². The number of hydrogen-bond acceptors (Lipinski definition) is 3. The molecule has 0 saturated carbocycles. The Morgan fingerprint density at radius 2 is 2.29 bits per heavy atom. The molecule has 0 atom stereocenters. The SMILES string of the molecule is Cc1cc(C(=O)NC(C)C)[nH]c1CCOC=O. The van der Waals surface area contributed by atoms with Crippen molar-refractivity contribution in [3.8, 4) is 0 Å². The molecule has 0 unspecified atom stereocenters. The Labute approximate surface area is 101 Å². The highest BCUT2D eigenvalue weighted by Gasteiger charge is 2.12. The van der Waals surface area contributed by atoms with Crippen LogP contribution < -0.4 is 5.32 Å². The minimum atomic E-state index is -0.120. The molecular formula is C12H18N2O3. The maximum absolute atomic E-state index is 11.7. The van der Waals surface area contributed by atoms with Gasteiger partial charge in [0.25, 0.3) is 12.4 Å². The van der Waals surface area contributed by atoms with Crippen molar-refractivity contribution < 1.29 is 14.3 Å². The Balaban J connectivity index is 2.66. The average Bonchev–Trinajstić information content (AvgIpc) is 2.60. The van der Waals surface area contributed by atoms with Gasteiger partial charge in [-0.3, -0.25) is 9.59 Å². The third-order valence-electron chi connectivity index (χ3n) is 2.32. The molecule has 1 heterocycles. The lowest BCUT2D eigenvalue weighted by Crippen LogP contribution is -2.30. The van der Waals surface area contributed by atoms with E-state index in [1.54, 1.807) is 6.07 Å². The Kier molecular flexibility index (Phi) is 4.75. The number of H-pyrrole nitrogens is 1. The van der Waals surface area contributed by atoms with Crippen LogP contribution in [0, 0.1) is 6.92 Å². The molecule has 17 heavy (non-hydrogen) atoms. The van der Waals surface area contributed by atoms with Crippen LogP contribution in [-0.2, 0) is 16.0 Å². The van der Waals surface area contributed by atoms with E-state index in [9.17, 15) is 9.59 Å². The van der Waals surface area contributed by atoms with Gasteiger partial charge in [-0.2, -0.15) is 0 Å². The molecule has 0 aliphatic rings. The number of nitrogens with one attached hydrogen (secondary N) is 2. The minimum Gasteiger partial charge on any atom is -0.467 e. The Bertz CT molecular complexity index is 396. The van der Waals surface area contributed by atoms with E-state index < -0.39 is 0 Å². The average molecular weight is 238 g/mol. The molecule has 0 saturated heterocycles. The number of aromatic nitrogens is 1. The van der Waals surface area contributed by atoms with E-state index in [-0.39, 0.29) is 11.9 Å². The second-order valence-electron chi connectivity index (χ2n) is 4.19. The van der Waals surface area contributed by atoms with Gasteiger partial charge in [-0.25, -0.2) is 0 Å². The number of aromatic amines is 1. The van der Waals surface area contributed by atoms with Crippen molar-refractivity contribution in [2.45, 2.75) is 33.2 Å². The fraction of sp³-hybridized carbons (Fsp3) is 0.500. The molecule has 5 nitrogen and oxygen atoms in total. The first-order valence-corrected chi connectivity index (χ1v) is 5.59. The van der Waals surface area contributed by atoms with Gasteiger partial charge >= 0.3 is 0 Å². The molecular weight excluding hydrogens is 220 g/mol. The quantitative estimate of drug-likeness (QED) is 0.577. The lowest BCUT2D eigenvalue weighted by molar-refractivity contribution is -0.128. The van der Waals surface area contributed by atoms with Crippen LogP contribution in [-0.4, -0.2) is 30.0 Å². The van der Waals surface area contributed by atoms with Crippen molar-refractivity contribution in [1.82, 2.24) is 10.3 Å². The molecule has 94 valence electrons. The normalized spacial score (nSPS) is 10.4. The van der Waals surface area contributed by atoms with Gasteiger partial charge in [-0.15, -0.1) is 0 Å². The number of carbonyl (C=O) groups is 2. The molecule has 5 heteroatoms. The fourth-order valence-corrected chi connectivity index (χ4v) is 1.53. The topological polar surface area (TPSA) is 71.2 Å². The van der Waals surface area contributed by atoms with Crippen molar-refractivity contribution in [3.63, 3.8) is 0 Å². The van der Waals surface area contributed by atoms with Gasteiger partial charge < -0.3 is 15.0 Å². The molecule has 0 radical (unpaired) electrons. The summed E-state index contributed by atoms with van der Waals surface area (Å²) in [6, 6.07) is 1.90. The van der Waals surface area contributed by atoms with Crippen LogP contribution >= 0.6 is 0 Å². The molecule has 2 N–H and O–H groups in total. The van der Waals surface area contributed by atoms with E-state index in [1.807, 2.05) is 20.8 Å². The van der Waals surface area contributed by atoms with Crippen LogP contribution in [0.15, 0.2) is 6.07 Å². The highest BCUT2D eigenvalue weighted by molar-refractivity contribution is 5.93. The van der Waals surface area contributed by atoms with Gasteiger partial charge in [-0.1, -0.05) is 0 Å². The minimum absolute atomic E-state index is 0.105. The van der Waals surface area contributed by atoms with Crippen molar-refractivity contribution >= 4 is 12.4 Å². The maximum Gasteiger partial charge on any atom is 0.293 e. The van der Waals surface area contributed by atoms with Crippen molar-refractivity contribution in [1.29, 1.82) is 0 Å². The van der Waals surface area contributed by atoms with Gasteiger partial charge in [0.1, 0.15) is 5.69 Å².